The molecule has 0 fully saturated rings. The van der Waals surface area contributed by atoms with Crippen molar-refractivity contribution in [1.82, 2.24) is 25.3 Å². The Kier molecular flexibility index (Phi) is 6.75. The number of esters is 1. The largest absolute Gasteiger partial charge is 0.467 e. The molecule has 0 aliphatic rings. The minimum atomic E-state index is -0.767. The van der Waals surface area contributed by atoms with Crippen molar-refractivity contribution in [2.45, 2.75) is 19.9 Å². The van der Waals surface area contributed by atoms with Gasteiger partial charge in [0.15, 0.2) is 11.5 Å². The minimum absolute atomic E-state index is 0. The number of H-pyrrole nitrogens is 1. The van der Waals surface area contributed by atoms with E-state index in [2.05, 4.69) is 40.6 Å². The molecular formula is C13H19N7O5. The van der Waals surface area contributed by atoms with Gasteiger partial charge in [0.1, 0.15) is 11.6 Å². The van der Waals surface area contributed by atoms with E-state index in [0.717, 1.165) is 0 Å². The molecule has 0 aliphatic carbocycles. The number of hydrogen-bond donors (Lipinski definition) is 4. The normalized spacial score (nSPS) is 11.2. The summed E-state index contributed by atoms with van der Waals surface area (Å²) in [5, 5.41) is 7.74. The second kappa shape index (κ2) is 8.54. The molecular weight excluding hydrogens is 334 g/mol. The van der Waals surface area contributed by atoms with E-state index in [4.69, 9.17) is 0 Å². The van der Waals surface area contributed by atoms with Crippen molar-refractivity contribution in [2.75, 3.05) is 24.3 Å². The van der Waals surface area contributed by atoms with Crippen molar-refractivity contribution in [2.24, 2.45) is 0 Å². The summed E-state index contributed by atoms with van der Waals surface area (Å²) in [5.74, 6) is -0.954. The van der Waals surface area contributed by atoms with Crippen molar-refractivity contribution in [3.05, 3.63) is 6.33 Å². The molecule has 12 heteroatoms. The van der Waals surface area contributed by atoms with Gasteiger partial charge >= 0.3 is 5.97 Å². The van der Waals surface area contributed by atoms with E-state index < -0.39 is 17.9 Å². The molecule has 0 saturated carbocycles. The molecule has 2 rings (SSSR count). The molecule has 1 atom stereocenters. The van der Waals surface area contributed by atoms with E-state index in [9.17, 15) is 14.4 Å². The number of amides is 2. The number of rotatable bonds is 6. The number of methoxy groups -OCH3 is 1. The molecule has 2 aromatic rings. The highest BCUT2D eigenvalue weighted by Gasteiger charge is 2.16. The summed E-state index contributed by atoms with van der Waals surface area (Å²) in [5.41, 5.74) is 0.817. The first-order valence-corrected chi connectivity index (χ1v) is 7.00. The lowest BCUT2D eigenvalue weighted by Crippen LogP contribution is -2.41. The lowest BCUT2D eigenvalue weighted by molar-refractivity contribution is -0.144. The van der Waals surface area contributed by atoms with E-state index in [1.165, 1.54) is 27.3 Å². The van der Waals surface area contributed by atoms with Crippen LogP contribution in [0.5, 0.6) is 0 Å². The third kappa shape index (κ3) is 5.10. The first kappa shape index (κ1) is 19.8. The maximum Gasteiger partial charge on any atom is 0.328 e. The Hall–Kier alpha value is -3.28. The van der Waals surface area contributed by atoms with E-state index >= 15 is 0 Å². The average molecular weight is 353 g/mol. The summed E-state index contributed by atoms with van der Waals surface area (Å²) < 4.78 is 4.53. The molecule has 2 heterocycles. The zero-order valence-electron chi connectivity index (χ0n) is 13.8. The highest BCUT2D eigenvalue weighted by molar-refractivity contribution is 5.91. The summed E-state index contributed by atoms with van der Waals surface area (Å²) in [7, 11) is 1.24. The van der Waals surface area contributed by atoms with E-state index in [0.29, 0.717) is 17.0 Å². The Morgan fingerprint density at radius 1 is 1.32 bits per heavy atom. The number of aromatic nitrogens is 4. The molecule has 0 unspecified atom stereocenters. The fourth-order valence-electron chi connectivity index (χ4n) is 1.87. The van der Waals surface area contributed by atoms with E-state index in [1.807, 2.05) is 0 Å². The Balaban J connectivity index is 0.00000312. The molecule has 0 saturated heterocycles. The van der Waals surface area contributed by atoms with E-state index in [-0.39, 0.29) is 23.9 Å². The highest BCUT2D eigenvalue weighted by Crippen LogP contribution is 2.18. The maximum absolute atomic E-state index is 11.9. The van der Waals surface area contributed by atoms with Crippen LogP contribution in [0.4, 0.5) is 11.8 Å². The topological polar surface area (TPSA) is 182 Å². The van der Waals surface area contributed by atoms with Crippen molar-refractivity contribution < 1.29 is 24.6 Å². The smallest absolute Gasteiger partial charge is 0.328 e. The van der Waals surface area contributed by atoms with Gasteiger partial charge < -0.3 is 25.8 Å². The van der Waals surface area contributed by atoms with Crippen molar-refractivity contribution in [1.29, 1.82) is 0 Å². The first-order chi connectivity index (χ1) is 11.4. The van der Waals surface area contributed by atoms with Crippen LogP contribution in [0.25, 0.3) is 11.2 Å². The maximum atomic E-state index is 11.9. The molecule has 12 nitrogen and oxygen atoms in total. The molecule has 6 N–H and O–H groups in total. The molecule has 25 heavy (non-hydrogen) atoms. The van der Waals surface area contributed by atoms with Gasteiger partial charge in [0, 0.05) is 6.92 Å². The van der Waals surface area contributed by atoms with Gasteiger partial charge in [-0.1, -0.05) is 0 Å². The fraction of sp³-hybridized carbons (Fsp3) is 0.385. The second-order valence-electron chi connectivity index (χ2n) is 4.84. The molecule has 0 radical (unpaired) electrons. The summed E-state index contributed by atoms with van der Waals surface area (Å²) in [6.45, 7) is 2.69. The number of carbonyl (C=O) groups excluding carboxylic acids is 3. The minimum Gasteiger partial charge on any atom is -0.467 e. The van der Waals surface area contributed by atoms with Gasteiger partial charge in [0.2, 0.25) is 17.8 Å². The van der Waals surface area contributed by atoms with Gasteiger partial charge in [-0.25, -0.2) is 9.78 Å². The van der Waals surface area contributed by atoms with Crippen LogP contribution in [-0.4, -0.2) is 62.9 Å². The second-order valence-corrected chi connectivity index (χ2v) is 4.84. The van der Waals surface area contributed by atoms with Crippen LogP contribution >= 0.6 is 0 Å². The van der Waals surface area contributed by atoms with Crippen molar-refractivity contribution >= 4 is 40.7 Å². The van der Waals surface area contributed by atoms with Gasteiger partial charge in [-0.15, -0.1) is 0 Å². The predicted molar refractivity (Wildman–Crippen MR) is 87.7 cm³/mol. The highest BCUT2D eigenvalue weighted by atomic mass is 16.5. The Bertz CT molecular complexity index is 775. The van der Waals surface area contributed by atoms with Gasteiger partial charge in [-0.2, -0.15) is 9.97 Å². The van der Waals surface area contributed by atoms with Crippen LogP contribution < -0.4 is 16.0 Å². The molecule has 0 aliphatic heterocycles. The fourth-order valence-corrected chi connectivity index (χ4v) is 1.87. The number of nitrogens with zero attached hydrogens (tertiary/aromatic N) is 3. The predicted octanol–water partition coefficient (Wildman–Crippen LogP) is -1.42. The van der Waals surface area contributed by atoms with Gasteiger partial charge in [-0.3, -0.25) is 14.9 Å². The third-order valence-corrected chi connectivity index (χ3v) is 2.92. The lowest BCUT2D eigenvalue weighted by atomic mass is 10.3. The number of carbonyl (C=O) groups is 3. The van der Waals surface area contributed by atoms with Crippen LogP contribution in [0.1, 0.15) is 13.8 Å². The van der Waals surface area contributed by atoms with Crippen LogP contribution in [0.3, 0.4) is 0 Å². The number of aromatic amines is 1. The SMILES string of the molecule is COC(=O)[C@H](C)NC(=O)CNc1nc(NC(C)=O)nc2nc[nH]c12.O. The average Bonchev–Trinajstić information content (AvgIpc) is 2.99. The Labute approximate surface area is 142 Å². The van der Waals surface area contributed by atoms with Crippen LogP contribution in [0.2, 0.25) is 0 Å². The van der Waals surface area contributed by atoms with Crippen molar-refractivity contribution in [3.8, 4) is 0 Å². The van der Waals surface area contributed by atoms with Gasteiger partial charge in [0.25, 0.3) is 0 Å². The summed E-state index contributed by atoms with van der Waals surface area (Å²) >= 11 is 0. The number of nitrogens with one attached hydrogen (secondary N) is 4. The zero-order chi connectivity index (χ0) is 17.7. The zero-order valence-corrected chi connectivity index (χ0v) is 13.8. The molecule has 2 aromatic heterocycles. The monoisotopic (exact) mass is 353 g/mol. The van der Waals surface area contributed by atoms with Gasteiger partial charge in [0.05, 0.1) is 20.0 Å². The number of hydrogen-bond acceptors (Lipinski definition) is 8. The molecule has 0 spiro atoms. The quantitative estimate of drug-likeness (QED) is 0.456. The molecule has 0 aromatic carbocycles. The van der Waals surface area contributed by atoms with Gasteiger partial charge in [-0.05, 0) is 6.92 Å². The van der Waals surface area contributed by atoms with E-state index in [1.54, 1.807) is 0 Å². The summed E-state index contributed by atoms with van der Waals surface area (Å²) in [6.07, 6.45) is 1.42. The number of fused-ring (bicyclic) bond motifs is 1. The Morgan fingerprint density at radius 3 is 2.68 bits per heavy atom. The summed E-state index contributed by atoms with van der Waals surface area (Å²) in [6, 6.07) is -0.767. The van der Waals surface area contributed by atoms with Crippen molar-refractivity contribution in [3.63, 3.8) is 0 Å². The van der Waals surface area contributed by atoms with Crippen LogP contribution in [0.15, 0.2) is 6.33 Å². The first-order valence-electron chi connectivity index (χ1n) is 7.00. The molecule has 0 bridgehead atoms. The van der Waals surface area contributed by atoms with Crippen LogP contribution in [0, 0.1) is 0 Å². The summed E-state index contributed by atoms with van der Waals surface area (Å²) in [4.78, 5) is 49.3. The third-order valence-electron chi connectivity index (χ3n) is 2.92. The number of anilines is 2. The number of ether oxygens (including phenoxy) is 1. The standard InChI is InChI=1S/C13H17N7O4.H2O/c1-6(12(23)24-3)17-8(22)4-14-10-9-11(16-5-15-9)20-13(19-10)18-7(2)21;/h5-6H,4H2,1-3H3,(H,17,22)(H3,14,15,16,18,19,20,21);1H2/t6-;/m0./s1. The molecule has 136 valence electrons. The van der Waals surface area contributed by atoms with Crippen LogP contribution in [-0.2, 0) is 19.1 Å². The molecule has 2 amide bonds. The lowest BCUT2D eigenvalue weighted by Gasteiger charge is -2.12. The number of imidazole rings is 1. The Morgan fingerprint density at radius 2 is 2.04 bits per heavy atom.